The van der Waals surface area contributed by atoms with E-state index in [2.05, 4.69) is 47.4 Å². The lowest BCUT2D eigenvalue weighted by Gasteiger charge is -2.20. The van der Waals surface area contributed by atoms with Crippen LogP contribution in [0, 0.1) is 0 Å². The lowest BCUT2D eigenvalue weighted by atomic mass is 10.2. The molecule has 21 heavy (non-hydrogen) atoms. The van der Waals surface area contributed by atoms with Crippen molar-refractivity contribution in [1.82, 2.24) is 10.3 Å². The number of aromatic nitrogens is 1. The van der Waals surface area contributed by atoms with Crippen molar-refractivity contribution >= 4 is 17.3 Å². The van der Waals surface area contributed by atoms with Crippen molar-refractivity contribution in [1.29, 1.82) is 0 Å². The summed E-state index contributed by atoms with van der Waals surface area (Å²) in [6, 6.07) is 12.2. The van der Waals surface area contributed by atoms with Crippen molar-refractivity contribution in [3.05, 3.63) is 58.9 Å². The predicted octanol–water partition coefficient (Wildman–Crippen LogP) is 3.87. The summed E-state index contributed by atoms with van der Waals surface area (Å²) in [6.45, 7) is 4.85. The molecule has 0 aliphatic carbocycles. The molecule has 0 saturated heterocycles. The summed E-state index contributed by atoms with van der Waals surface area (Å²) in [5.41, 5.74) is 3.49. The van der Waals surface area contributed by atoms with E-state index in [1.165, 1.54) is 11.3 Å². The van der Waals surface area contributed by atoms with Crippen LogP contribution in [0.3, 0.4) is 0 Å². The van der Waals surface area contributed by atoms with E-state index in [0.29, 0.717) is 0 Å². The zero-order valence-electron chi connectivity index (χ0n) is 12.6. The first-order valence-electron chi connectivity index (χ1n) is 7.30. The smallest absolute Gasteiger partial charge is 0.0562 e. The summed E-state index contributed by atoms with van der Waals surface area (Å²) in [5, 5.41) is 4.15. The number of hydrogen-bond acceptors (Lipinski definition) is 3. The van der Waals surface area contributed by atoms with E-state index in [-0.39, 0.29) is 0 Å². The van der Waals surface area contributed by atoms with Crippen LogP contribution < -0.4 is 10.2 Å². The van der Waals surface area contributed by atoms with Gasteiger partial charge in [-0.25, -0.2) is 0 Å². The summed E-state index contributed by atoms with van der Waals surface area (Å²) in [5.74, 6) is 0. The normalized spacial score (nSPS) is 10.6. The van der Waals surface area contributed by atoms with Gasteiger partial charge >= 0.3 is 0 Å². The van der Waals surface area contributed by atoms with Gasteiger partial charge < -0.3 is 10.2 Å². The van der Waals surface area contributed by atoms with Gasteiger partial charge in [0.2, 0.25) is 0 Å². The molecule has 0 atom stereocenters. The molecule has 1 aromatic carbocycles. The Morgan fingerprint density at radius 1 is 1.19 bits per heavy atom. The van der Waals surface area contributed by atoms with Gasteiger partial charge in [0.1, 0.15) is 0 Å². The molecule has 0 spiro atoms. The van der Waals surface area contributed by atoms with E-state index in [9.17, 15) is 0 Å². The first-order chi connectivity index (χ1) is 10.2. The van der Waals surface area contributed by atoms with Crippen molar-refractivity contribution < 1.29 is 0 Å². The van der Waals surface area contributed by atoms with Crippen LogP contribution in [0.4, 0.5) is 5.69 Å². The number of halogens is 1. The third-order valence-corrected chi connectivity index (χ3v) is 3.56. The first-order valence-corrected chi connectivity index (χ1v) is 7.68. The van der Waals surface area contributed by atoms with Gasteiger partial charge in [0.25, 0.3) is 0 Å². The van der Waals surface area contributed by atoms with Crippen LogP contribution in [0.5, 0.6) is 0 Å². The molecule has 2 aromatic rings. The quantitative estimate of drug-likeness (QED) is 0.787. The van der Waals surface area contributed by atoms with Crippen LogP contribution in [-0.2, 0) is 13.1 Å². The van der Waals surface area contributed by atoms with Crippen molar-refractivity contribution in [3.63, 3.8) is 0 Å². The number of benzene rings is 1. The van der Waals surface area contributed by atoms with Crippen LogP contribution in [0.1, 0.15) is 24.6 Å². The van der Waals surface area contributed by atoms with Crippen molar-refractivity contribution in [3.8, 4) is 0 Å². The molecule has 112 valence electrons. The maximum Gasteiger partial charge on any atom is 0.0562 e. The lowest BCUT2D eigenvalue weighted by Crippen LogP contribution is -2.18. The Morgan fingerprint density at radius 2 is 1.95 bits per heavy atom. The minimum absolute atomic E-state index is 0.773. The second kappa shape index (κ2) is 8.01. The lowest BCUT2D eigenvalue weighted by molar-refractivity contribution is 0.664. The summed E-state index contributed by atoms with van der Waals surface area (Å²) < 4.78 is 0. The SMILES string of the molecule is CCCNCc1cc(N(C)Cc2ccc(Cl)cc2)ccn1. The second-order valence-corrected chi connectivity index (χ2v) is 5.60. The Kier molecular flexibility index (Phi) is 6.03. The zero-order chi connectivity index (χ0) is 15.1. The van der Waals surface area contributed by atoms with E-state index in [4.69, 9.17) is 11.6 Å². The first kappa shape index (κ1) is 15.8. The molecule has 1 aromatic heterocycles. The van der Waals surface area contributed by atoms with Gasteiger partial charge in [-0.2, -0.15) is 0 Å². The highest BCUT2D eigenvalue weighted by molar-refractivity contribution is 6.30. The minimum atomic E-state index is 0.773. The molecule has 0 fully saturated rings. The fourth-order valence-electron chi connectivity index (χ4n) is 2.15. The number of anilines is 1. The largest absolute Gasteiger partial charge is 0.370 e. The van der Waals surface area contributed by atoms with E-state index < -0.39 is 0 Å². The van der Waals surface area contributed by atoms with Gasteiger partial charge in [0.15, 0.2) is 0 Å². The van der Waals surface area contributed by atoms with Crippen molar-refractivity contribution in [2.45, 2.75) is 26.4 Å². The maximum absolute atomic E-state index is 5.92. The molecule has 0 aliphatic rings. The molecule has 0 bridgehead atoms. The van der Waals surface area contributed by atoms with Gasteiger partial charge in [-0.3, -0.25) is 4.98 Å². The van der Waals surface area contributed by atoms with Gasteiger partial charge in [-0.05, 0) is 42.8 Å². The fourth-order valence-corrected chi connectivity index (χ4v) is 2.27. The van der Waals surface area contributed by atoms with Crippen LogP contribution in [0.15, 0.2) is 42.6 Å². The zero-order valence-corrected chi connectivity index (χ0v) is 13.4. The molecule has 0 unspecified atom stereocenters. The van der Waals surface area contributed by atoms with Gasteiger partial charge in [-0.1, -0.05) is 30.7 Å². The van der Waals surface area contributed by atoms with Gasteiger partial charge in [-0.15, -0.1) is 0 Å². The summed E-state index contributed by atoms with van der Waals surface area (Å²) in [4.78, 5) is 6.62. The molecule has 1 heterocycles. The second-order valence-electron chi connectivity index (χ2n) is 5.16. The minimum Gasteiger partial charge on any atom is -0.370 e. The number of rotatable bonds is 7. The highest BCUT2D eigenvalue weighted by Crippen LogP contribution is 2.17. The van der Waals surface area contributed by atoms with E-state index >= 15 is 0 Å². The Bertz CT molecular complexity index is 554. The molecule has 0 amide bonds. The molecule has 2 rings (SSSR count). The standard InChI is InChI=1S/C17H22ClN3/c1-3-9-19-12-16-11-17(8-10-20-16)21(2)13-14-4-6-15(18)7-5-14/h4-8,10-11,19H,3,9,12-13H2,1-2H3. The van der Waals surface area contributed by atoms with E-state index in [0.717, 1.165) is 36.8 Å². The third-order valence-electron chi connectivity index (χ3n) is 3.31. The summed E-state index contributed by atoms with van der Waals surface area (Å²) in [7, 11) is 2.09. The fraction of sp³-hybridized carbons (Fsp3) is 0.353. The molecular weight excluding hydrogens is 282 g/mol. The summed E-state index contributed by atoms with van der Waals surface area (Å²) >= 11 is 5.92. The molecular formula is C17H22ClN3. The molecule has 0 aliphatic heterocycles. The van der Waals surface area contributed by atoms with Crippen LogP contribution >= 0.6 is 11.6 Å². The average molecular weight is 304 g/mol. The number of nitrogens with zero attached hydrogens (tertiary/aromatic N) is 2. The van der Waals surface area contributed by atoms with E-state index in [1.807, 2.05) is 24.4 Å². The number of pyridine rings is 1. The van der Waals surface area contributed by atoms with Crippen molar-refractivity contribution in [2.24, 2.45) is 0 Å². The third kappa shape index (κ3) is 5.03. The Balaban J connectivity index is 1.99. The Morgan fingerprint density at radius 3 is 2.67 bits per heavy atom. The van der Waals surface area contributed by atoms with Crippen LogP contribution in [-0.4, -0.2) is 18.6 Å². The molecule has 0 radical (unpaired) electrons. The summed E-state index contributed by atoms with van der Waals surface area (Å²) in [6.07, 6.45) is 3.01. The Hall–Kier alpha value is -1.58. The van der Waals surface area contributed by atoms with Crippen LogP contribution in [0.2, 0.25) is 5.02 Å². The van der Waals surface area contributed by atoms with Gasteiger partial charge in [0.05, 0.1) is 5.69 Å². The number of nitrogens with one attached hydrogen (secondary N) is 1. The van der Waals surface area contributed by atoms with E-state index in [1.54, 1.807) is 0 Å². The maximum atomic E-state index is 5.92. The monoisotopic (exact) mass is 303 g/mol. The predicted molar refractivity (Wildman–Crippen MR) is 89.8 cm³/mol. The number of hydrogen-bond donors (Lipinski definition) is 1. The highest BCUT2D eigenvalue weighted by Gasteiger charge is 2.04. The Labute approximate surface area is 132 Å². The topological polar surface area (TPSA) is 28.2 Å². The highest BCUT2D eigenvalue weighted by atomic mass is 35.5. The van der Waals surface area contributed by atoms with Crippen molar-refractivity contribution in [2.75, 3.05) is 18.5 Å². The van der Waals surface area contributed by atoms with Crippen LogP contribution in [0.25, 0.3) is 0 Å². The molecule has 4 heteroatoms. The average Bonchev–Trinajstić information content (AvgIpc) is 2.50. The van der Waals surface area contributed by atoms with Gasteiger partial charge in [0, 0.05) is 37.0 Å². The molecule has 3 nitrogen and oxygen atoms in total. The molecule has 0 saturated carbocycles. The molecule has 1 N–H and O–H groups in total.